The maximum Gasteiger partial charge on any atom is 0.149 e. The van der Waals surface area contributed by atoms with Crippen molar-refractivity contribution in [3.63, 3.8) is 0 Å². The highest BCUT2D eigenvalue weighted by Crippen LogP contribution is 2.34. The van der Waals surface area contributed by atoms with Crippen LogP contribution >= 0.6 is 50.2 Å². The van der Waals surface area contributed by atoms with Crippen LogP contribution in [0.5, 0.6) is 0 Å². The molecule has 0 aromatic carbocycles. The number of nitrogens with zero attached hydrogens (tertiary/aromatic N) is 2. The second kappa shape index (κ2) is 4.04. The Hall–Kier alpha value is 0.0300. The Balaban J connectivity index is 2.41. The average Bonchev–Trinajstić information content (AvgIpc) is 2.71. The fourth-order valence-corrected chi connectivity index (χ4v) is 3.26. The lowest BCUT2D eigenvalue weighted by molar-refractivity contribution is 1.04. The summed E-state index contributed by atoms with van der Waals surface area (Å²) in [6.07, 6.45) is 0. The van der Waals surface area contributed by atoms with E-state index in [1.165, 1.54) is 11.3 Å². The van der Waals surface area contributed by atoms with Gasteiger partial charge in [-0.3, -0.25) is 0 Å². The molecule has 2 aromatic heterocycles. The van der Waals surface area contributed by atoms with Gasteiger partial charge < -0.3 is 0 Å². The quantitative estimate of drug-likeness (QED) is 0.788. The molecular formula is C7H4BrClN2S2. The highest BCUT2D eigenvalue weighted by molar-refractivity contribution is 9.11. The first-order valence-corrected chi connectivity index (χ1v) is 6.45. The number of halogens is 2. The molecule has 0 N–H and O–H groups in total. The van der Waals surface area contributed by atoms with Gasteiger partial charge in [0.05, 0.1) is 9.67 Å². The molecule has 0 aliphatic carbocycles. The summed E-state index contributed by atoms with van der Waals surface area (Å²) in [6, 6.07) is 2.02. The molecule has 0 radical (unpaired) electrons. The van der Waals surface area contributed by atoms with E-state index in [2.05, 4.69) is 26.1 Å². The van der Waals surface area contributed by atoms with Gasteiger partial charge in [0, 0.05) is 5.56 Å². The number of rotatable bonds is 2. The van der Waals surface area contributed by atoms with Gasteiger partial charge in [-0.15, -0.1) is 33.1 Å². The van der Waals surface area contributed by atoms with Gasteiger partial charge in [-0.25, -0.2) is 0 Å². The molecule has 0 unspecified atom stereocenters. The van der Waals surface area contributed by atoms with Gasteiger partial charge in [-0.1, -0.05) is 11.3 Å². The van der Waals surface area contributed by atoms with Crippen molar-refractivity contribution in [1.29, 1.82) is 0 Å². The van der Waals surface area contributed by atoms with Crippen LogP contribution in [0.25, 0.3) is 10.6 Å². The van der Waals surface area contributed by atoms with Crippen LogP contribution in [-0.4, -0.2) is 10.2 Å². The number of alkyl halides is 1. The van der Waals surface area contributed by atoms with Crippen molar-refractivity contribution in [2.24, 2.45) is 0 Å². The van der Waals surface area contributed by atoms with Crippen molar-refractivity contribution >= 4 is 50.2 Å². The highest BCUT2D eigenvalue weighted by atomic mass is 79.9. The van der Waals surface area contributed by atoms with Crippen molar-refractivity contribution in [3.8, 4) is 10.6 Å². The van der Waals surface area contributed by atoms with E-state index < -0.39 is 0 Å². The number of hydrogen-bond acceptors (Lipinski definition) is 4. The maximum atomic E-state index is 5.64. The molecule has 0 spiro atoms. The van der Waals surface area contributed by atoms with Crippen molar-refractivity contribution < 1.29 is 0 Å². The van der Waals surface area contributed by atoms with Crippen LogP contribution in [0.4, 0.5) is 0 Å². The zero-order valence-corrected chi connectivity index (χ0v) is 10.3. The minimum Gasteiger partial charge on any atom is -0.142 e. The second-order valence-corrected chi connectivity index (χ2v) is 5.81. The summed E-state index contributed by atoms with van der Waals surface area (Å²) in [5.74, 6) is 0.430. The van der Waals surface area contributed by atoms with Gasteiger partial charge in [0.25, 0.3) is 0 Å². The van der Waals surface area contributed by atoms with E-state index in [0.29, 0.717) is 5.88 Å². The topological polar surface area (TPSA) is 25.8 Å². The fraction of sp³-hybridized carbons (Fsp3) is 0.143. The molecule has 6 heteroatoms. The summed E-state index contributed by atoms with van der Waals surface area (Å²) in [5.41, 5.74) is 1.10. The van der Waals surface area contributed by atoms with E-state index in [-0.39, 0.29) is 0 Å². The average molecular weight is 296 g/mol. The van der Waals surface area contributed by atoms with Gasteiger partial charge in [0.1, 0.15) is 10.0 Å². The van der Waals surface area contributed by atoms with Crippen molar-refractivity contribution in [3.05, 3.63) is 20.2 Å². The molecule has 0 aliphatic rings. The Morgan fingerprint density at radius 3 is 2.85 bits per heavy atom. The zero-order chi connectivity index (χ0) is 9.26. The van der Waals surface area contributed by atoms with Crippen LogP contribution < -0.4 is 0 Å². The maximum absolute atomic E-state index is 5.64. The molecular weight excluding hydrogens is 292 g/mol. The summed E-state index contributed by atoms with van der Waals surface area (Å²) < 4.78 is 1.09. The first-order valence-electron chi connectivity index (χ1n) is 3.43. The van der Waals surface area contributed by atoms with E-state index in [0.717, 1.165) is 19.4 Å². The van der Waals surface area contributed by atoms with Gasteiger partial charge >= 0.3 is 0 Å². The van der Waals surface area contributed by atoms with Gasteiger partial charge in [-0.05, 0) is 27.4 Å². The molecule has 68 valence electrons. The molecule has 2 heterocycles. The lowest BCUT2D eigenvalue weighted by atomic mass is 10.4. The van der Waals surface area contributed by atoms with Gasteiger partial charge in [0.15, 0.2) is 0 Å². The zero-order valence-electron chi connectivity index (χ0n) is 6.33. The number of aromatic nitrogens is 2. The van der Waals surface area contributed by atoms with Crippen LogP contribution in [0.3, 0.4) is 0 Å². The van der Waals surface area contributed by atoms with Gasteiger partial charge in [0.2, 0.25) is 0 Å². The van der Waals surface area contributed by atoms with Crippen molar-refractivity contribution in [1.82, 2.24) is 10.2 Å². The first-order chi connectivity index (χ1) is 6.31. The summed E-state index contributed by atoms with van der Waals surface area (Å²) >= 11 is 12.3. The third-order valence-corrected chi connectivity index (χ3v) is 4.48. The fourth-order valence-electron chi connectivity index (χ4n) is 0.863. The second-order valence-electron chi connectivity index (χ2n) is 2.24. The largest absolute Gasteiger partial charge is 0.149 e. The molecule has 0 saturated carbocycles. The number of hydrogen-bond donors (Lipinski definition) is 0. The summed E-state index contributed by atoms with van der Waals surface area (Å²) in [7, 11) is 0. The highest BCUT2D eigenvalue weighted by Gasteiger charge is 2.09. The smallest absolute Gasteiger partial charge is 0.142 e. The minimum atomic E-state index is 0.430. The Morgan fingerprint density at radius 1 is 1.46 bits per heavy atom. The molecule has 0 bridgehead atoms. The normalized spacial score (nSPS) is 10.6. The van der Waals surface area contributed by atoms with Crippen molar-refractivity contribution in [2.45, 2.75) is 5.88 Å². The molecule has 0 saturated heterocycles. The standard InChI is InChI=1S/C7H4BrClN2S2/c8-6-4(1-2-12-6)7-11-10-5(3-9)13-7/h1-2H,3H2. The van der Waals surface area contributed by atoms with Crippen LogP contribution in [0, 0.1) is 0 Å². The summed E-state index contributed by atoms with van der Waals surface area (Å²) in [5, 5.41) is 11.8. The lowest BCUT2D eigenvalue weighted by Gasteiger charge is -1.88. The van der Waals surface area contributed by atoms with E-state index in [1.807, 2.05) is 11.4 Å². The Morgan fingerprint density at radius 2 is 2.31 bits per heavy atom. The predicted molar refractivity (Wildman–Crippen MR) is 60.5 cm³/mol. The molecule has 0 aliphatic heterocycles. The third-order valence-electron chi connectivity index (χ3n) is 1.43. The molecule has 0 amide bonds. The van der Waals surface area contributed by atoms with Crippen LogP contribution in [-0.2, 0) is 5.88 Å². The van der Waals surface area contributed by atoms with E-state index in [9.17, 15) is 0 Å². The Kier molecular flexibility index (Phi) is 2.98. The minimum absolute atomic E-state index is 0.430. The lowest BCUT2D eigenvalue weighted by Crippen LogP contribution is -1.74. The van der Waals surface area contributed by atoms with Crippen LogP contribution in [0.1, 0.15) is 5.01 Å². The molecule has 2 aromatic rings. The van der Waals surface area contributed by atoms with Gasteiger partial charge in [-0.2, -0.15) is 0 Å². The molecule has 0 atom stereocenters. The summed E-state index contributed by atoms with van der Waals surface area (Å²) in [4.78, 5) is 0. The monoisotopic (exact) mass is 294 g/mol. The molecule has 2 rings (SSSR count). The first kappa shape index (κ1) is 9.58. The van der Waals surface area contributed by atoms with E-state index >= 15 is 0 Å². The van der Waals surface area contributed by atoms with Crippen LogP contribution in [0.15, 0.2) is 15.2 Å². The van der Waals surface area contributed by atoms with E-state index in [4.69, 9.17) is 11.6 Å². The predicted octanol–water partition coefficient (Wildman–Crippen LogP) is 3.77. The molecule has 13 heavy (non-hydrogen) atoms. The number of thiophene rings is 1. The third kappa shape index (κ3) is 1.93. The Labute approximate surface area is 96.7 Å². The van der Waals surface area contributed by atoms with E-state index in [1.54, 1.807) is 11.3 Å². The Bertz CT molecular complexity index is 412. The van der Waals surface area contributed by atoms with Crippen LogP contribution in [0.2, 0.25) is 0 Å². The molecule has 2 nitrogen and oxygen atoms in total. The SMILES string of the molecule is ClCc1nnc(-c2ccsc2Br)s1. The summed E-state index contributed by atoms with van der Waals surface area (Å²) in [6.45, 7) is 0. The molecule has 0 fully saturated rings. The van der Waals surface area contributed by atoms with Crippen molar-refractivity contribution in [2.75, 3.05) is 0 Å².